The Morgan fingerprint density at radius 2 is 2.31 bits per heavy atom. The molecule has 0 unspecified atom stereocenters. The Kier molecular flexibility index (Phi) is 3.22. The second kappa shape index (κ2) is 4.81. The Morgan fingerprint density at radius 1 is 1.44 bits per heavy atom. The Morgan fingerprint density at radius 3 is 3.06 bits per heavy atom. The molecule has 16 heavy (non-hydrogen) atoms. The molecule has 0 atom stereocenters. The van der Waals surface area contributed by atoms with E-state index in [4.69, 9.17) is 4.74 Å². The van der Waals surface area contributed by atoms with E-state index >= 15 is 0 Å². The largest absolute Gasteiger partial charge is 0.383 e. The Balaban J connectivity index is 2.30. The monoisotopic (exact) mass is 218 g/mol. The number of nitrogens with one attached hydrogen (secondary N) is 1. The molecule has 2 rings (SSSR count). The van der Waals surface area contributed by atoms with Gasteiger partial charge in [-0.2, -0.15) is 0 Å². The van der Waals surface area contributed by atoms with Gasteiger partial charge in [0.2, 0.25) is 6.41 Å². The van der Waals surface area contributed by atoms with Crippen LogP contribution in [-0.2, 0) is 16.1 Å². The number of hydrogen-bond acceptors (Lipinski definition) is 2. The first-order valence-corrected chi connectivity index (χ1v) is 5.13. The molecule has 0 aliphatic heterocycles. The van der Waals surface area contributed by atoms with Crippen LogP contribution in [-0.4, -0.2) is 24.7 Å². The van der Waals surface area contributed by atoms with Crippen molar-refractivity contribution in [3.63, 3.8) is 0 Å². The highest BCUT2D eigenvalue weighted by atomic mass is 16.5. The number of hydrogen-bond donors (Lipinski definition) is 1. The lowest BCUT2D eigenvalue weighted by atomic mass is 10.2. The van der Waals surface area contributed by atoms with Gasteiger partial charge in [-0.3, -0.25) is 4.79 Å². The summed E-state index contributed by atoms with van der Waals surface area (Å²) in [6.45, 7) is 1.53. The second-order valence-corrected chi connectivity index (χ2v) is 3.54. The number of benzene rings is 1. The third kappa shape index (κ3) is 2.06. The molecular weight excluding hydrogens is 204 g/mol. The van der Waals surface area contributed by atoms with Crippen LogP contribution in [0.2, 0.25) is 0 Å². The molecule has 4 nitrogen and oxygen atoms in total. The average Bonchev–Trinajstić information content (AvgIpc) is 2.69. The number of rotatable bonds is 5. The molecule has 1 amide bonds. The number of ether oxygens (including phenoxy) is 1. The first-order valence-electron chi connectivity index (χ1n) is 5.13. The predicted octanol–water partition coefficient (Wildman–Crippen LogP) is 1.86. The van der Waals surface area contributed by atoms with Gasteiger partial charge in [-0.15, -0.1) is 0 Å². The van der Waals surface area contributed by atoms with Crippen LogP contribution in [0.1, 0.15) is 0 Å². The van der Waals surface area contributed by atoms with Crippen LogP contribution in [0.15, 0.2) is 30.5 Å². The van der Waals surface area contributed by atoms with Gasteiger partial charge in [0.25, 0.3) is 0 Å². The van der Waals surface area contributed by atoms with Crippen LogP contribution in [0.25, 0.3) is 10.9 Å². The van der Waals surface area contributed by atoms with Gasteiger partial charge in [-0.05, 0) is 24.3 Å². The standard InChI is InChI=1S/C12H14N2O2/c1-16-7-6-14-5-4-10-8-11(13-9-15)2-3-12(10)14/h2-5,8-9H,6-7H2,1H3,(H,13,15). The average molecular weight is 218 g/mol. The first kappa shape index (κ1) is 10.7. The van der Waals surface area contributed by atoms with Crippen LogP contribution in [0, 0.1) is 0 Å². The molecule has 1 aromatic heterocycles. The maximum absolute atomic E-state index is 10.3. The number of methoxy groups -OCH3 is 1. The number of anilines is 1. The quantitative estimate of drug-likeness (QED) is 0.778. The van der Waals surface area contributed by atoms with Crippen LogP contribution in [0.5, 0.6) is 0 Å². The van der Waals surface area contributed by atoms with Crippen molar-refractivity contribution in [2.75, 3.05) is 19.0 Å². The highest BCUT2D eigenvalue weighted by Gasteiger charge is 2.01. The summed E-state index contributed by atoms with van der Waals surface area (Å²) in [7, 11) is 1.69. The molecule has 1 N–H and O–H groups in total. The minimum atomic E-state index is 0.684. The van der Waals surface area contributed by atoms with Crippen LogP contribution in [0.4, 0.5) is 5.69 Å². The molecule has 1 aromatic carbocycles. The van der Waals surface area contributed by atoms with Crippen LogP contribution >= 0.6 is 0 Å². The summed E-state index contributed by atoms with van der Waals surface area (Å²) in [4.78, 5) is 10.3. The zero-order valence-electron chi connectivity index (χ0n) is 9.14. The van der Waals surface area contributed by atoms with E-state index < -0.39 is 0 Å². The number of carbonyl (C=O) groups excluding carboxylic acids is 1. The second-order valence-electron chi connectivity index (χ2n) is 3.54. The van der Waals surface area contributed by atoms with E-state index in [0.717, 1.165) is 23.1 Å². The SMILES string of the molecule is COCCn1ccc2cc(NC=O)ccc21. The van der Waals surface area contributed by atoms with E-state index in [1.54, 1.807) is 7.11 Å². The Labute approximate surface area is 93.8 Å². The van der Waals surface area contributed by atoms with Crippen molar-refractivity contribution in [3.05, 3.63) is 30.5 Å². The lowest BCUT2D eigenvalue weighted by Crippen LogP contribution is -2.02. The number of nitrogens with zero attached hydrogens (tertiary/aromatic N) is 1. The van der Waals surface area contributed by atoms with Gasteiger partial charge in [-0.1, -0.05) is 0 Å². The Hall–Kier alpha value is -1.81. The van der Waals surface area contributed by atoms with Crippen molar-refractivity contribution in [3.8, 4) is 0 Å². The van der Waals surface area contributed by atoms with E-state index in [2.05, 4.69) is 9.88 Å². The highest BCUT2D eigenvalue weighted by molar-refractivity contribution is 5.86. The molecule has 84 valence electrons. The third-order valence-corrected chi connectivity index (χ3v) is 2.53. The van der Waals surface area contributed by atoms with E-state index in [1.165, 1.54) is 0 Å². The third-order valence-electron chi connectivity index (χ3n) is 2.53. The normalized spacial score (nSPS) is 10.6. The smallest absolute Gasteiger partial charge is 0.211 e. The predicted molar refractivity (Wildman–Crippen MR) is 63.5 cm³/mol. The summed E-state index contributed by atoms with van der Waals surface area (Å²) in [5.41, 5.74) is 1.96. The fraction of sp³-hybridized carbons (Fsp3) is 0.250. The minimum absolute atomic E-state index is 0.684. The maximum Gasteiger partial charge on any atom is 0.211 e. The summed E-state index contributed by atoms with van der Waals surface area (Å²) < 4.78 is 7.18. The topological polar surface area (TPSA) is 43.3 Å². The summed E-state index contributed by atoms with van der Waals surface area (Å²) in [6, 6.07) is 7.87. The molecule has 0 saturated heterocycles. The molecule has 0 fully saturated rings. The molecule has 0 spiro atoms. The van der Waals surface area contributed by atoms with Crippen molar-refractivity contribution in [1.82, 2.24) is 4.57 Å². The van der Waals surface area contributed by atoms with Crippen molar-refractivity contribution in [2.24, 2.45) is 0 Å². The summed E-state index contributed by atoms with van der Waals surface area (Å²) in [6.07, 6.45) is 2.71. The Bertz CT molecular complexity index is 491. The molecule has 0 aliphatic rings. The molecule has 2 aromatic rings. The molecule has 4 heteroatoms. The lowest BCUT2D eigenvalue weighted by molar-refractivity contribution is -0.105. The summed E-state index contributed by atoms with van der Waals surface area (Å²) in [5.74, 6) is 0. The van der Waals surface area contributed by atoms with Gasteiger partial charge in [0.05, 0.1) is 6.61 Å². The van der Waals surface area contributed by atoms with Crippen molar-refractivity contribution in [1.29, 1.82) is 0 Å². The van der Waals surface area contributed by atoms with Gasteiger partial charge in [0.1, 0.15) is 0 Å². The summed E-state index contributed by atoms with van der Waals surface area (Å²) in [5, 5.41) is 3.75. The fourth-order valence-electron chi connectivity index (χ4n) is 1.74. The van der Waals surface area contributed by atoms with Crippen molar-refractivity contribution in [2.45, 2.75) is 6.54 Å². The number of aromatic nitrogens is 1. The first-order chi connectivity index (χ1) is 7.85. The number of amides is 1. The van der Waals surface area contributed by atoms with Gasteiger partial charge >= 0.3 is 0 Å². The lowest BCUT2D eigenvalue weighted by Gasteiger charge is -2.05. The number of fused-ring (bicyclic) bond motifs is 1. The zero-order chi connectivity index (χ0) is 11.4. The molecule has 0 bridgehead atoms. The van der Waals surface area contributed by atoms with Gasteiger partial charge in [0, 0.05) is 36.4 Å². The van der Waals surface area contributed by atoms with Gasteiger partial charge < -0.3 is 14.6 Å². The van der Waals surface area contributed by atoms with Gasteiger partial charge in [0.15, 0.2) is 0 Å². The molecule has 0 saturated carbocycles. The van der Waals surface area contributed by atoms with Gasteiger partial charge in [-0.25, -0.2) is 0 Å². The molecule has 0 radical (unpaired) electrons. The van der Waals surface area contributed by atoms with E-state index in [0.29, 0.717) is 13.0 Å². The molecule has 1 heterocycles. The number of carbonyl (C=O) groups is 1. The van der Waals surface area contributed by atoms with E-state index in [-0.39, 0.29) is 0 Å². The van der Waals surface area contributed by atoms with Crippen molar-refractivity contribution < 1.29 is 9.53 Å². The molecular formula is C12H14N2O2. The molecule has 0 aliphatic carbocycles. The van der Waals surface area contributed by atoms with E-state index in [1.807, 2.05) is 30.5 Å². The minimum Gasteiger partial charge on any atom is -0.383 e. The van der Waals surface area contributed by atoms with Crippen LogP contribution in [0.3, 0.4) is 0 Å². The fourth-order valence-corrected chi connectivity index (χ4v) is 1.74. The zero-order valence-corrected chi connectivity index (χ0v) is 9.14. The maximum atomic E-state index is 10.3. The van der Waals surface area contributed by atoms with Crippen molar-refractivity contribution >= 4 is 23.0 Å². The highest BCUT2D eigenvalue weighted by Crippen LogP contribution is 2.20. The summed E-state index contributed by atoms with van der Waals surface area (Å²) >= 11 is 0. The van der Waals surface area contributed by atoms with Crippen LogP contribution < -0.4 is 5.32 Å². The van der Waals surface area contributed by atoms with E-state index in [9.17, 15) is 4.79 Å².